The number of nitrogens with zero attached hydrogens (tertiary/aromatic N) is 4. The van der Waals surface area contributed by atoms with Gasteiger partial charge in [0, 0.05) is 39.3 Å². The molecule has 0 unspecified atom stereocenters. The monoisotopic (exact) mass is 295 g/mol. The third-order valence-corrected chi connectivity index (χ3v) is 3.90. The Hall–Kier alpha value is -1.60. The molecule has 0 saturated carbocycles. The van der Waals surface area contributed by atoms with Crippen molar-refractivity contribution in [2.75, 3.05) is 52.1 Å². The lowest BCUT2D eigenvalue weighted by molar-refractivity contribution is 0.0420. The van der Waals surface area contributed by atoms with E-state index in [4.69, 9.17) is 10.5 Å². The molecule has 21 heavy (non-hydrogen) atoms. The Labute approximate surface area is 125 Å². The van der Waals surface area contributed by atoms with E-state index in [-0.39, 0.29) is 5.97 Å². The van der Waals surface area contributed by atoms with Gasteiger partial charge in [-0.15, -0.1) is 0 Å². The number of carbonyl (C=O) groups is 1. The molecule has 1 saturated heterocycles. The standard InChI is InChI=1S/C14H25N5O2/c1-4-19-13(12(15)11(2)16-19)14(20)21-10-9-18-7-5-17(3)6-8-18/h4-10,15H2,1-3H3. The van der Waals surface area contributed by atoms with Crippen molar-refractivity contribution in [1.29, 1.82) is 0 Å². The van der Waals surface area contributed by atoms with Gasteiger partial charge in [-0.2, -0.15) is 5.10 Å². The lowest BCUT2D eigenvalue weighted by Crippen LogP contribution is -2.45. The molecular formula is C14H25N5O2. The van der Waals surface area contributed by atoms with E-state index in [0.717, 1.165) is 32.7 Å². The smallest absolute Gasteiger partial charge is 0.358 e. The molecule has 2 N–H and O–H groups in total. The molecule has 1 aliphatic rings. The number of ether oxygens (including phenoxy) is 1. The van der Waals surface area contributed by atoms with Crippen LogP contribution in [-0.4, -0.2) is 71.9 Å². The number of hydrogen-bond donors (Lipinski definition) is 1. The van der Waals surface area contributed by atoms with Crippen molar-refractivity contribution in [3.8, 4) is 0 Å². The van der Waals surface area contributed by atoms with Crippen LogP contribution in [0.4, 0.5) is 5.69 Å². The van der Waals surface area contributed by atoms with Gasteiger partial charge in [0.05, 0.1) is 11.4 Å². The molecule has 0 aliphatic carbocycles. The minimum Gasteiger partial charge on any atom is -0.460 e. The number of aromatic nitrogens is 2. The minimum atomic E-state index is -0.385. The van der Waals surface area contributed by atoms with E-state index in [1.165, 1.54) is 0 Å². The fourth-order valence-electron chi connectivity index (χ4n) is 2.45. The van der Waals surface area contributed by atoms with Crippen LogP contribution in [-0.2, 0) is 11.3 Å². The van der Waals surface area contributed by atoms with Crippen LogP contribution in [0.3, 0.4) is 0 Å². The summed E-state index contributed by atoms with van der Waals surface area (Å²) in [4.78, 5) is 16.8. The quantitative estimate of drug-likeness (QED) is 0.782. The molecule has 1 fully saturated rings. The van der Waals surface area contributed by atoms with Crippen LogP contribution < -0.4 is 5.73 Å². The van der Waals surface area contributed by atoms with Crippen LogP contribution in [0.5, 0.6) is 0 Å². The Morgan fingerprint density at radius 2 is 2.00 bits per heavy atom. The number of piperazine rings is 1. The summed E-state index contributed by atoms with van der Waals surface area (Å²) in [5, 5.41) is 4.23. The number of carbonyl (C=O) groups excluding carboxylic acids is 1. The molecule has 0 bridgehead atoms. The van der Waals surface area contributed by atoms with E-state index in [1.807, 2.05) is 6.92 Å². The average molecular weight is 295 g/mol. The summed E-state index contributed by atoms with van der Waals surface area (Å²) in [7, 11) is 2.12. The van der Waals surface area contributed by atoms with Gasteiger partial charge in [-0.3, -0.25) is 9.58 Å². The largest absolute Gasteiger partial charge is 0.460 e. The molecule has 7 nitrogen and oxygen atoms in total. The second-order valence-electron chi connectivity index (χ2n) is 5.44. The highest BCUT2D eigenvalue weighted by molar-refractivity contribution is 5.93. The highest BCUT2D eigenvalue weighted by Crippen LogP contribution is 2.17. The zero-order valence-electron chi connectivity index (χ0n) is 13.1. The Balaban J connectivity index is 1.85. The second kappa shape index (κ2) is 6.91. The second-order valence-corrected chi connectivity index (χ2v) is 5.44. The van der Waals surface area contributed by atoms with Crippen LogP contribution in [0.2, 0.25) is 0 Å². The fourth-order valence-corrected chi connectivity index (χ4v) is 2.45. The van der Waals surface area contributed by atoms with E-state index in [0.29, 0.717) is 30.2 Å². The third kappa shape index (κ3) is 3.74. The molecule has 2 heterocycles. The van der Waals surface area contributed by atoms with Crippen LogP contribution in [0.1, 0.15) is 23.1 Å². The third-order valence-electron chi connectivity index (χ3n) is 3.90. The van der Waals surface area contributed by atoms with Gasteiger partial charge < -0.3 is 15.4 Å². The summed E-state index contributed by atoms with van der Waals surface area (Å²) in [5.41, 5.74) is 7.37. The first-order chi connectivity index (χ1) is 10.0. The Bertz CT molecular complexity index is 492. The van der Waals surface area contributed by atoms with Gasteiger partial charge in [0.2, 0.25) is 0 Å². The number of likely N-dealkylation sites (N-methyl/N-ethyl adjacent to an activating group) is 1. The first-order valence-corrected chi connectivity index (χ1v) is 7.43. The van der Waals surface area contributed by atoms with Crippen molar-refractivity contribution in [1.82, 2.24) is 19.6 Å². The van der Waals surface area contributed by atoms with Crippen LogP contribution in [0, 0.1) is 6.92 Å². The first kappa shape index (κ1) is 15.8. The number of nitrogen functional groups attached to an aromatic ring is 1. The maximum Gasteiger partial charge on any atom is 0.358 e. The summed E-state index contributed by atoms with van der Waals surface area (Å²) in [6, 6.07) is 0. The Morgan fingerprint density at radius 3 is 2.62 bits per heavy atom. The van der Waals surface area contributed by atoms with Gasteiger partial charge in [0.1, 0.15) is 6.61 Å². The van der Waals surface area contributed by atoms with Gasteiger partial charge in [0.15, 0.2) is 5.69 Å². The van der Waals surface area contributed by atoms with E-state index >= 15 is 0 Å². The van der Waals surface area contributed by atoms with E-state index < -0.39 is 0 Å². The SMILES string of the molecule is CCn1nc(C)c(N)c1C(=O)OCCN1CCN(C)CC1. The lowest BCUT2D eigenvalue weighted by Gasteiger charge is -2.32. The van der Waals surface area contributed by atoms with Crippen molar-refractivity contribution in [2.45, 2.75) is 20.4 Å². The van der Waals surface area contributed by atoms with Crippen LogP contribution in [0.15, 0.2) is 0 Å². The zero-order valence-corrected chi connectivity index (χ0v) is 13.1. The van der Waals surface area contributed by atoms with E-state index in [2.05, 4.69) is 21.9 Å². The summed E-state index contributed by atoms with van der Waals surface area (Å²) < 4.78 is 6.96. The van der Waals surface area contributed by atoms with Crippen molar-refractivity contribution < 1.29 is 9.53 Å². The van der Waals surface area contributed by atoms with E-state index in [1.54, 1.807) is 11.6 Å². The minimum absolute atomic E-state index is 0.369. The fraction of sp³-hybridized carbons (Fsp3) is 0.714. The highest BCUT2D eigenvalue weighted by Gasteiger charge is 2.21. The molecule has 118 valence electrons. The first-order valence-electron chi connectivity index (χ1n) is 7.43. The summed E-state index contributed by atoms with van der Waals surface area (Å²) >= 11 is 0. The molecule has 0 radical (unpaired) electrons. The molecule has 0 amide bonds. The average Bonchev–Trinajstić information content (AvgIpc) is 2.76. The number of anilines is 1. The van der Waals surface area contributed by atoms with Crippen molar-refractivity contribution in [2.24, 2.45) is 0 Å². The molecule has 1 aromatic heterocycles. The number of aryl methyl sites for hydroxylation is 2. The van der Waals surface area contributed by atoms with Gasteiger partial charge in [-0.25, -0.2) is 4.79 Å². The molecule has 7 heteroatoms. The topological polar surface area (TPSA) is 76.6 Å². The maximum atomic E-state index is 12.2. The molecule has 1 aromatic rings. The maximum absolute atomic E-state index is 12.2. The molecule has 1 aliphatic heterocycles. The lowest BCUT2D eigenvalue weighted by atomic mass is 10.3. The summed E-state index contributed by atoms with van der Waals surface area (Å²) in [6.07, 6.45) is 0. The van der Waals surface area contributed by atoms with Crippen LogP contribution in [0.25, 0.3) is 0 Å². The number of hydrogen-bond acceptors (Lipinski definition) is 6. The molecule has 2 rings (SSSR count). The van der Waals surface area contributed by atoms with Gasteiger partial charge in [-0.1, -0.05) is 0 Å². The highest BCUT2D eigenvalue weighted by atomic mass is 16.5. The zero-order chi connectivity index (χ0) is 15.4. The normalized spacial score (nSPS) is 17.1. The number of rotatable bonds is 5. The van der Waals surface area contributed by atoms with Gasteiger partial charge >= 0.3 is 5.97 Å². The Morgan fingerprint density at radius 1 is 1.33 bits per heavy atom. The van der Waals surface area contributed by atoms with Crippen molar-refractivity contribution >= 4 is 11.7 Å². The van der Waals surface area contributed by atoms with Crippen molar-refractivity contribution in [3.05, 3.63) is 11.4 Å². The molecule has 0 spiro atoms. The molecular weight excluding hydrogens is 270 g/mol. The van der Waals surface area contributed by atoms with E-state index in [9.17, 15) is 4.79 Å². The predicted molar refractivity (Wildman–Crippen MR) is 81.3 cm³/mol. The van der Waals surface area contributed by atoms with Gasteiger partial charge in [0.25, 0.3) is 0 Å². The Kier molecular flexibility index (Phi) is 5.19. The number of nitrogens with two attached hydrogens (primary N) is 1. The summed E-state index contributed by atoms with van der Waals surface area (Å²) in [6.45, 7) is 9.61. The number of esters is 1. The van der Waals surface area contributed by atoms with Crippen molar-refractivity contribution in [3.63, 3.8) is 0 Å². The molecule has 0 atom stereocenters. The molecule has 0 aromatic carbocycles. The summed E-state index contributed by atoms with van der Waals surface area (Å²) in [5.74, 6) is -0.385. The predicted octanol–water partition coefficient (Wildman–Crippen LogP) is 0.198. The van der Waals surface area contributed by atoms with Gasteiger partial charge in [-0.05, 0) is 20.9 Å². The van der Waals surface area contributed by atoms with Crippen LogP contribution >= 0.6 is 0 Å².